The first-order valence-corrected chi connectivity index (χ1v) is 27.9. The summed E-state index contributed by atoms with van der Waals surface area (Å²) in [6, 6.07) is 86.7. The summed E-state index contributed by atoms with van der Waals surface area (Å²) in [6.07, 6.45) is 11.9. The van der Waals surface area contributed by atoms with Crippen LogP contribution in [0, 0.1) is 35.0 Å². The second kappa shape index (κ2) is 15.8. The number of hydrogen-bond donors (Lipinski definition) is 0. The standard InChI is InChI=1S/C74H56N2/c1-46-40-49(50-36-38-59-58-26-8-11-33-64(58)74(65(59)42-50)69-44-52-43-53-45-70(74)73(52,53)69)37-39-66(46)75(67-34-12-9-27-60(67)62-31-16-21-48-20-15-29-56(71(48)62)47-18-4-2-5-19-47)55-25-14-22-51(41-55)57-30-17-32-63-61-28-10-13-35-68(61)76(72(57)63)54-23-6-3-7-24-54/h2-42,46,52-53,66,69-70H,43-45H2,1H3. The lowest BCUT2D eigenvalue weighted by Crippen LogP contribution is -2.88. The maximum absolute atomic E-state index is 2.66. The van der Waals surface area contributed by atoms with Gasteiger partial charge in [-0.05, 0) is 163 Å². The molecule has 17 rings (SSSR count). The second-order valence-corrected chi connectivity index (χ2v) is 23.1. The molecule has 2 heteroatoms. The third kappa shape index (κ3) is 5.51. The first kappa shape index (κ1) is 42.8. The molecule has 2 spiro atoms. The number of hydrogen-bond acceptors (Lipinski definition) is 1. The molecule has 1 heterocycles. The molecule has 0 aliphatic heterocycles. The van der Waals surface area contributed by atoms with Gasteiger partial charge in [0.2, 0.25) is 0 Å². The van der Waals surface area contributed by atoms with E-state index < -0.39 is 0 Å². The van der Waals surface area contributed by atoms with Gasteiger partial charge in [0.05, 0.1) is 17.1 Å². The molecule has 0 amide bonds. The van der Waals surface area contributed by atoms with Crippen LogP contribution in [-0.4, -0.2) is 10.6 Å². The summed E-state index contributed by atoms with van der Waals surface area (Å²) in [7, 11) is 0. The van der Waals surface area contributed by atoms with Crippen LogP contribution in [0.2, 0.25) is 0 Å². The molecule has 4 fully saturated rings. The maximum Gasteiger partial charge on any atom is 0.0619 e. The predicted molar refractivity (Wildman–Crippen MR) is 316 cm³/mol. The van der Waals surface area contributed by atoms with Gasteiger partial charge in [-0.1, -0.05) is 213 Å². The lowest BCUT2D eigenvalue weighted by Gasteiger charge is -2.92. The summed E-state index contributed by atoms with van der Waals surface area (Å²) >= 11 is 0. The Morgan fingerprint density at radius 2 is 1.12 bits per heavy atom. The van der Waals surface area contributed by atoms with E-state index in [9.17, 15) is 0 Å². The molecule has 2 nitrogen and oxygen atoms in total. The number of nitrogens with zero attached hydrogens (tertiary/aromatic N) is 2. The second-order valence-electron chi connectivity index (χ2n) is 23.1. The Labute approximate surface area is 444 Å². The normalized spacial score (nSPS) is 24.9. The summed E-state index contributed by atoms with van der Waals surface area (Å²) in [5.41, 5.74) is 23.0. The third-order valence-electron chi connectivity index (χ3n) is 20.1. The predicted octanol–water partition coefficient (Wildman–Crippen LogP) is 18.7. The minimum Gasteiger partial charge on any atom is -0.333 e. The Hall–Kier alpha value is -8.46. The number of para-hydroxylation sites is 4. The molecule has 6 aliphatic rings. The van der Waals surface area contributed by atoms with Crippen molar-refractivity contribution in [2.45, 2.75) is 37.6 Å². The quantitative estimate of drug-likeness (QED) is 0.147. The van der Waals surface area contributed by atoms with E-state index in [1.54, 1.807) is 11.1 Å². The van der Waals surface area contributed by atoms with Crippen molar-refractivity contribution in [1.82, 2.24) is 4.57 Å². The largest absolute Gasteiger partial charge is 0.333 e. The molecule has 0 saturated heterocycles. The van der Waals surface area contributed by atoms with E-state index in [2.05, 4.69) is 265 Å². The van der Waals surface area contributed by atoms with E-state index in [0.29, 0.717) is 5.41 Å². The van der Waals surface area contributed by atoms with Crippen molar-refractivity contribution in [1.29, 1.82) is 0 Å². The van der Waals surface area contributed by atoms with Gasteiger partial charge in [-0.3, -0.25) is 0 Å². The van der Waals surface area contributed by atoms with Crippen molar-refractivity contribution in [2.75, 3.05) is 4.90 Å². The zero-order valence-corrected chi connectivity index (χ0v) is 42.7. The molecule has 0 bridgehead atoms. The number of allylic oxidation sites excluding steroid dienone is 2. The lowest BCUT2D eigenvalue weighted by molar-refractivity contribution is -0.412. The Balaban J connectivity index is 0.825. The average molecular weight is 973 g/mol. The first-order valence-electron chi connectivity index (χ1n) is 27.9. The van der Waals surface area contributed by atoms with E-state index in [4.69, 9.17) is 0 Å². The third-order valence-corrected chi connectivity index (χ3v) is 20.1. The highest BCUT2D eigenvalue weighted by Crippen LogP contribution is 2.94. The van der Waals surface area contributed by atoms with E-state index in [1.165, 1.54) is 113 Å². The Morgan fingerprint density at radius 1 is 0.474 bits per heavy atom. The zero-order valence-electron chi connectivity index (χ0n) is 42.7. The number of anilines is 2. The highest BCUT2D eigenvalue weighted by Gasteiger charge is 2.90. The fourth-order valence-electron chi connectivity index (χ4n) is 17.2. The fraction of sp³-hybridized carbons (Fsp3) is 0.162. The van der Waals surface area contributed by atoms with Gasteiger partial charge in [0.25, 0.3) is 0 Å². The molecule has 6 aliphatic carbocycles. The van der Waals surface area contributed by atoms with Crippen LogP contribution in [0.1, 0.15) is 42.9 Å². The molecular weight excluding hydrogens is 917 g/mol. The summed E-state index contributed by atoms with van der Waals surface area (Å²) in [6.45, 7) is 2.44. The van der Waals surface area contributed by atoms with Crippen molar-refractivity contribution in [3.63, 3.8) is 0 Å². The molecule has 11 aromatic rings. The van der Waals surface area contributed by atoms with Crippen LogP contribution in [0.3, 0.4) is 0 Å². The Morgan fingerprint density at radius 3 is 1.93 bits per heavy atom. The van der Waals surface area contributed by atoms with E-state index in [1.807, 2.05) is 0 Å². The molecule has 6 unspecified atom stereocenters. The molecule has 1 aromatic heterocycles. The highest BCUT2D eigenvalue weighted by atomic mass is 15.2. The number of benzene rings is 10. The molecule has 76 heavy (non-hydrogen) atoms. The average Bonchev–Trinajstić information content (AvgIpc) is 1.58. The van der Waals surface area contributed by atoms with Crippen LogP contribution >= 0.6 is 0 Å². The van der Waals surface area contributed by atoms with Gasteiger partial charge in [0, 0.05) is 44.4 Å². The summed E-state index contributed by atoms with van der Waals surface area (Å²) < 4.78 is 2.46. The van der Waals surface area contributed by atoms with Gasteiger partial charge in [0.15, 0.2) is 0 Å². The van der Waals surface area contributed by atoms with Crippen LogP contribution in [0.15, 0.2) is 249 Å². The van der Waals surface area contributed by atoms with Crippen molar-refractivity contribution < 1.29 is 0 Å². The number of aromatic nitrogens is 1. The van der Waals surface area contributed by atoms with E-state index in [0.717, 1.165) is 35.0 Å². The Bertz CT molecular complexity index is 4260. The molecule has 0 radical (unpaired) electrons. The van der Waals surface area contributed by atoms with Gasteiger partial charge in [-0.25, -0.2) is 0 Å². The van der Waals surface area contributed by atoms with Crippen LogP contribution in [0.4, 0.5) is 11.4 Å². The number of rotatable bonds is 8. The molecule has 0 N–H and O–H groups in total. The number of fused-ring (bicyclic) bond motifs is 11. The monoisotopic (exact) mass is 972 g/mol. The molecule has 6 atom stereocenters. The van der Waals surface area contributed by atoms with Crippen LogP contribution in [0.25, 0.3) is 88.3 Å². The van der Waals surface area contributed by atoms with Gasteiger partial charge >= 0.3 is 0 Å². The topological polar surface area (TPSA) is 8.17 Å². The van der Waals surface area contributed by atoms with Crippen LogP contribution < -0.4 is 4.90 Å². The van der Waals surface area contributed by atoms with Gasteiger partial charge in [-0.2, -0.15) is 0 Å². The zero-order chi connectivity index (χ0) is 49.9. The molecule has 4 saturated carbocycles. The van der Waals surface area contributed by atoms with Crippen molar-refractivity contribution >= 4 is 49.5 Å². The van der Waals surface area contributed by atoms with Crippen LogP contribution in [-0.2, 0) is 5.41 Å². The van der Waals surface area contributed by atoms with Gasteiger partial charge in [0.1, 0.15) is 0 Å². The summed E-state index contributed by atoms with van der Waals surface area (Å²) in [5.74, 6) is 3.77. The SMILES string of the molecule is CC1C=C(c2ccc3c(c2)C2(c4ccccc4-3)C3CC4CC5CC2C453)C=CC1N(c1cccc(-c2cccc3c4ccccc4n(-c4ccccc4)c23)c1)c1ccccc1-c1cccc2cccc(-c3ccccc3)c12. The Kier molecular flexibility index (Phi) is 8.90. The van der Waals surface area contributed by atoms with Crippen molar-refractivity contribution in [3.05, 3.63) is 265 Å². The maximum atomic E-state index is 2.66. The minimum atomic E-state index is 0.0178. The molecule has 10 aromatic carbocycles. The minimum absolute atomic E-state index is 0.0178. The summed E-state index contributed by atoms with van der Waals surface area (Å²) in [5, 5.41) is 5.02. The highest BCUT2D eigenvalue weighted by molar-refractivity contribution is 6.14. The van der Waals surface area contributed by atoms with E-state index >= 15 is 0 Å². The fourth-order valence-corrected chi connectivity index (χ4v) is 17.2. The van der Waals surface area contributed by atoms with Gasteiger partial charge < -0.3 is 9.47 Å². The van der Waals surface area contributed by atoms with Crippen molar-refractivity contribution in [2.24, 2.45) is 35.0 Å². The smallest absolute Gasteiger partial charge is 0.0619 e. The molecule has 362 valence electrons. The van der Waals surface area contributed by atoms with Gasteiger partial charge in [-0.15, -0.1) is 0 Å². The first-order chi connectivity index (χ1) is 37.6. The lowest BCUT2D eigenvalue weighted by atomic mass is 9.11. The van der Waals surface area contributed by atoms with E-state index in [-0.39, 0.29) is 17.4 Å². The summed E-state index contributed by atoms with van der Waals surface area (Å²) in [4.78, 5) is 2.66. The van der Waals surface area contributed by atoms with Crippen LogP contribution in [0.5, 0.6) is 0 Å². The molecular formula is C74H56N2. The van der Waals surface area contributed by atoms with Crippen molar-refractivity contribution in [3.8, 4) is 50.2 Å².